The molecule has 39 heavy (non-hydrogen) atoms. The minimum atomic E-state index is -0.792. The van der Waals surface area contributed by atoms with Gasteiger partial charge in [-0.2, -0.15) is 0 Å². The summed E-state index contributed by atoms with van der Waals surface area (Å²) in [6.07, 6.45) is 3.54. The molecule has 0 radical (unpaired) electrons. The van der Waals surface area contributed by atoms with E-state index in [0.29, 0.717) is 22.3 Å². The summed E-state index contributed by atoms with van der Waals surface area (Å²) in [7, 11) is 0. The lowest BCUT2D eigenvalue weighted by atomic mass is 9.59. The topological polar surface area (TPSA) is 135 Å². The Kier molecular flexibility index (Phi) is 5.76. The van der Waals surface area contributed by atoms with Crippen LogP contribution >= 0.6 is 15.9 Å². The van der Waals surface area contributed by atoms with Gasteiger partial charge in [0.1, 0.15) is 5.75 Å². The number of hydrogen-bond acceptors (Lipinski definition) is 7. The molecule has 2 aromatic rings. The number of allylic oxidation sites excluding steroid dienone is 6. The van der Waals surface area contributed by atoms with Gasteiger partial charge in [0.05, 0.1) is 26.9 Å². The lowest BCUT2D eigenvalue weighted by Gasteiger charge is -2.42. The van der Waals surface area contributed by atoms with E-state index in [9.17, 15) is 34.4 Å². The summed E-state index contributed by atoms with van der Waals surface area (Å²) >= 11 is 3.20. The predicted molar refractivity (Wildman–Crippen MR) is 143 cm³/mol. The van der Waals surface area contributed by atoms with E-state index < -0.39 is 40.4 Å². The molecule has 1 saturated heterocycles. The zero-order valence-electron chi connectivity index (χ0n) is 20.6. The Bertz CT molecular complexity index is 1640. The van der Waals surface area contributed by atoms with Crippen molar-refractivity contribution >= 4 is 50.7 Å². The zero-order valence-corrected chi connectivity index (χ0v) is 22.2. The first-order chi connectivity index (χ1) is 18.6. The molecule has 4 aliphatic rings. The van der Waals surface area contributed by atoms with Crippen molar-refractivity contribution in [3.05, 3.63) is 97.1 Å². The molecule has 0 bridgehead atoms. The van der Waals surface area contributed by atoms with Crippen molar-refractivity contribution in [1.29, 1.82) is 0 Å². The normalized spacial score (nSPS) is 26.2. The quantitative estimate of drug-likeness (QED) is 0.182. The van der Waals surface area contributed by atoms with Gasteiger partial charge >= 0.3 is 0 Å². The molecule has 2 aromatic carbocycles. The molecule has 0 spiro atoms. The van der Waals surface area contributed by atoms with E-state index in [1.807, 2.05) is 6.08 Å². The molecule has 196 valence electrons. The molecular weight excluding hydrogens is 568 g/mol. The van der Waals surface area contributed by atoms with Crippen molar-refractivity contribution in [2.24, 2.45) is 17.8 Å². The fourth-order valence-electron chi connectivity index (χ4n) is 6.44. The van der Waals surface area contributed by atoms with Crippen LogP contribution in [0.1, 0.15) is 29.9 Å². The summed E-state index contributed by atoms with van der Waals surface area (Å²) < 4.78 is 0.138. The minimum Gasteiger partial charge on any atom is -0.508 e. The molecule has 1 fully saturated rings. The highest BCUT2D eigenvalue weighted by Gasteiger charge is 2.56. The van der Waals surface area contributed by atoms with Crippen molar-refractivity contribution in [3.63, 3.8) is 0 Å². The number of imide groups is 1. The number of phenolic OH excluding ortho intramolecular Hbond substituents is 1. The lowest BCUT2D eigenvalue weighted by Crippen LogP contribution is -2.39. The summed E-state index contributed by atoms with van der Waals surface area (Å²) in [4.78, 5) is 65.7. The number of phenols is 1. The Balaban J connectivity index is 1.48. The second-order valence-electron chi connectivity index (χ2n) is 10.2. The standard InChI is InChI=1S/C29H21BrN2O7/c1-13-9-14(5-8-22(13)33)24-17-6-7-18-25(19(17)11-20-26(24)23(34)12-21(30)27(20)35)29(37)31(28(18)36)15-3-2-4-16(10-15)32(38)39/h2-6,8-10,12,18-19,24-25,33H,7,11H2,1H3/t18-,19+,24-,25-/m0/s1. The van der Waals surface area contributed by atoms with E-state index in [2.05, 4.69) is 15.9 Å². The number of aryl methyl sites for hydroxylation is 1. The summed E-state index contributed by atoms with van der Waals surface area (Å²) in [5.74, 6) is -4.10. The molecule has 9 nitrogen and oxygen atoms in total. The number of benzene rings is 2. The summed E-state index contributed by atoms with van der Waals surface area (Å²) in [5, 5.41) is 21.4. The van der Waals surface area contributed by atoms with E-state index in [4.69, 9.17) is 0 Å². The van der Waals surface area contributed by atoms with Crippen LogP contribution < -0.4 is 4.90 Å². The number of nitrogens with zero attached hydrogens (tertiary/aromatic N) is 2. The van der Waals surface area contributed by atoms with Crippen LogP contribution in [0.5, 0.6) is 5.75 Å². The molecule has 1 N–H and O–H groups in total. The average Bonchev–Trinajstić information content (AvgIpc) is 3.17. The van der Waals surface area contributed by atoms with Gasteiger partial charge < -0.3 is 5.11 Å². The number of halogens is 1. The highest BCUT2D eigenvalue weighted by atomic mass is 79.9. The van der Waals surface area contributed by atoms with Crippen LogP contribution in [0, 0.1) is 34.8 Å². The third-order valence-electron chi connectivity index (χ3n) is 8.18. The summed E-state index contributed by atoms with van der Waals surface area (Å²) in [6, 6.07) is 10.4. The van der Waals surface area contributed by atoms with Gasteiger partial charge in [-0.3, -0.25) is 29.3 Å². The lowest BCUT2D eigenvalue weighted by molar-refractivity contribution is -0.384. The van der Waals surface area contributed by atoms with Crippen LogP contribution in [0.2, 0.25) is 0 Å². The van der Waals surface area contributed by atoms with Crippen molar-refractivity contribution in [1.82, 2.24) is 0 Å². The Labute approximate surface area is 230 Å². The summed E-state index contributed by atoms with van der Waals surface area (Å²) in [6.45, 7) is 1.74. The number of anilines is 1. The maximum Gasteiger partial charge on any atom is 0.271 e. The first-order valence-corrected chi connectivity index (χ1v) is 13.2. The molecule has 0 aromatic heterocycles. The average molecular weight is 589 g/mol. The van der Waals surface area contributed by atoms with E-state index in [0.717, 1.165) is 10.5 Å². The fourth-order valence-corrected chi connectivity index (χ4v) is 6.89. The smallest absolute Gasteiger partial charge is 0.271 e. The second kappa shape index (κ2) is 8.94. The van der Waals surface area contributed by atoms with Crippen LogP contribution in [0.3, 0.4) is 0 Å². The molecule has 4 atom stereocenters. The van der Waals surface area contributed by atoms with Crippen LogP contribution in [0.15, 0.2) is 75.8 Å². The minimum absolute atomic E-state index is 0.0934. The third-order valence-corrected chi connectivity index (χ3v) is 8.77. The number of carbonyl (C=O) groups excluding carboxylic acids is 4. The van der Waals surface area contributed by atoms with Crippen molar-refractivity contribution < 1.29 is 29.2 Å². The second-order valence-corrected chi connectivity index (χ2v) is 11.1. The SMILES string of the molecule is Cc1cc([C@H]2C3=CC[C@@H]4C(=O)N(c5cccc([N+](=O)[O-])c5)C(=O)[C@@H]4[C@@H]3CC3=C2C(=O)C=C(Br)C3=O)ccc1O. The van der Waals surface area contributed by atoms with Crippen molar-refractivity contribution in [3.8, 4) is 5.75 Å². The maximum absolute atomic E-state index is 13.9. The molecule has 10 heteroatoms. The number of rotatable bonds is 3. The fraction of sp³-hybridized carbons (Fsp3) is 0.241. The number of non-ortho nitro benzene ring substituents is 1. The van der Waals surface area contributed by atoms with E-state index in [-0.39, 0.29) is 46.0 Å². The third kappa shape index (κ3) is 3.73. The number of fused-ring (bicyclic) bond motifs is 3. The number of Topliss-reactive ketones (excluding diaryl/α,β-unsaturated/α-hetero) is 1. The molecule has 0 saturated carbocycles. The molecular formula is C29H21BrN2O7. The molecule has 2 amide bonds. The van der Waals surface area contributed by atoms with E-state index in [1.54, 1.807) is 19.1 Å². The first kappa shape index (κ1) is 25.1. The number of amides is 2. The number of aromatic hydroxyl groups is 1. The maximum atomic E-state index is 13.9. The van der Waals surface area contributed by atoms with E-state index in [1.165, 1.54) is 36.4 Å². The van der Waals surface area contributed by atoms with Gasteiger partial charge in [0, 0.05) is 35.3 Å². The van der Waals surface area contributed by atoms with Gasteiger partial charge in [0.25, 0.3) is 5.69 Å². The molecule has 3 aliphatic carbocycles. The number of nitro benzene ring substituents is 1. The Morgan fingerprint density at radius 2 is 1.82 bits per heavy atom. The molecule has 1 aliphatic heterocycles. The van der Waals surface area contributed by atoms with Gasteiger partial charge in [-0.15, -0.1) is 0 Å². The van der Waals surface area contributed by atoms with Gasteiger partial charge in [-0.05, 0) is 64.9 Å². The number of ketones is 2. The van der Waals surface area contributed by atoms with Crippen LogP contribution in [0.4, 0.5) is 11.4 Å². The highest BCUT2D eigenvalue weighted by Crippen LogP contribution is 2.55. The van der Waals surface area contributed by atoms with E-state index >= 15 is 0 Å². The summed E-state index contributed by atoms with van der Waals surface area (Å²) in [5.41, 5.74) is 2.64. The number of nitro groups is 1. The van der Waals surface area contributed by atoms with Crippen molar-refractivity contribution in [2.75, 3.05) is 4.90 Å². The van der Waals surface area contributed by atoms with Gasteiger partial charge in [0.15, 0.2) is 11.6 Å². The Morgan fingerprint density at radius 1 is 1.05 bits per heavy atom. The first-order valence-electron chi connectivity index (χ1n) is 12.4. The molecule has 1 heterocycles. The van der Waals surface area contributed by atoms with Gasteiger partial charge in [-0.25, -0.2) is 4.90 Å². The molecule has 6 rings (SSSR count). The monoisotopic (exact) mass is 588 g/mol. The number of carbonyl (C=O) groups is 4. The van der Waals surface area contributed by atoms with Crippen LogP contribution in [0.25, 0.3) is 0 Å². The molecule has 0 unspecified atom stereocenters. The van der Waals surface area contributed by atoms with Crippen LogP contribution in [-0.2, 0) is 19.2 Å². The largest absolute Gasteiger partial charge is 0.508 e. The highest BCUT2D eigenvalue weighted by molar-refractivity contribution is 9.12. The Hall–Kier alpha value is -4.18. The number of hydrogen-bond donors (Lipinski definition) is 1. The van der Waals surface area contributed by atoms with Gasteiger partial charge in [-0.1, -0.05) is 29.8 Å². The zero-order chi connectivity index (χ0) is 27.7. The Morgan fingerprint density at radius 3 is 2.54 bits per heavy atom. The van der Waals surface area contributed by atoms with Crippen molar-refractivity contribution in [2.45, 2.75) is 25.7 Å². The van der Waals surface area contributed by atoms with Gasteiger partial charge in [0.2, 0.25) is 11.8 Å². The van der Waals surface area contributed by atoms with Crippen LogP contribution in [-0.4, -0.2) is 33.4 Å². The predicted octanol–water partition coefficient (Wildman–Crippen LogP) is 4.58.